The molecule has 0 bridgehead atoms. The lowest BCUT2D eigenvalue weighted by Crippen LogP contribution is -2.50. The van der Waals surface area contributed by atoms with Gasteiger partial charge in [-0.1, -0.05) is 11.8 Å². The van der Waals surface area contributed by atoms with Crippen LogP contribution in [0.4, 0.5) is 11.5 Å². The maximum Gasteiger partial charge on any atom is 0.307 e. The van der Waals surface area contributed by atoms with E-state index in [1.165, 1.54) is 25.5 Å². The Labute approximate surface area is 232 Å². The van der Waals surface area contributed by atoms with E-state index in [0.717, 1.165) is 31.8 Å². The molecule has 17 heteroatoms. The first-order valence-corrected chi connectivity index (χ1v) is 13.1. The number of rotatable bonds is 11. The number of hydrogen-bond donors (Lipinski definition) is 1. The first-order chi connectivity index (χ1) is 18.8. The molecule has 4 atom stereocenters. The fraction of sp³-hybridized carbons (Fsp3) is 0.565. The molecule has 0 amide bonds. The Morgan fingerprint density at radius 3 is 2.45 bits per heavy atom. The summed E-state index contributed by atoms with van der Waals surface area (Å²) in [7, 11) is 1.24. The predicted molar refractivity (Wildman–Crippen MR) is 137 cm³/mol. The van der Waals surface area contributed by atoms with Crippen molar-refractivity contribution in [1.29, 1.82) is 0 Å². The SMILES string of the molecule is COC(=O)CCNc1nc(SC)nc2c1c([N+](=O)[O-])cn2C1O[C@H](COC(C)=O)[C@@H](OC(C)=O)C1(C)OC(C)=O. The van der Waals surface area contributed by atoms with Gasteiger partial charge in [0.2, 0.25) is 0 Å². The fourth-order valence-corrected chi connectivity index (χ4v) is 4.73. The van der Waals surface area contributed by atoms with Crippen LogP contribution in [0.1, 0.15) is 40.3 Å². The lowest BCUT2D eigenvalue weighted by atomic mass is 9.95. The maximum atomic E-state index is 12.2. The van der Waals surface area contributed by atoms with Gasteiger partial charge in [-0.3, -0.25) is 33.9 Å². The van der Waals surface area contributed by atoms with Gasteiger partial charge in [0.05, 0.1) is 24.7 Å². The molecule has 1 fully saturated rings. The van der Waals surface area contributed by atoms with Gasteiger partial charge in [0.25, 0.3) is 5.69 Å². The Balaban J connectivity index is 2.23. The number of anilines is 1. The molecule has 1 saturated heterocycles. The second kappa shape index (κ2) is 12.5. The Kier molecular flexibility index (Phi) is 9.52. The summed E-state index contributed by atoms with van der Waals surface area (Å²) in [5, 5.41) is 15.3. The van der Waals surface area contributed by atoms with Crippen LogP contribution in [-0.4, -0.2) is 87.7 Å². The minimum absolute atomic E-state index is 0.00564. The molecule has 0 saturated carbocycles. The van der Waals surface area contributed by atoms with Gasteiger partial charge in [-0.15, -0.1) is 0 Å². The van der Waals surface area contributed by atoms with E-state index in [4.69, 9.17) is 18.9 Å². The summed E-state index contributed by atoms with van der Waals surface area (Å²) in [6, 6.07) is 0. The number of fused-ring (bicyclic) bond motifs is 1. The van der Waals surface area contributed by atoms with Gasteiger partial charge < -0.3 is 29.0 Å². The number of nitrogens with zero attached hydrogens (tertiary/aromatic N) is 4. The number of esters is 4. The smallest absolute Gasteiger partial charge is 0.307 e. The van der Waals surface area contributed by atoms with Crippen LogP contribution in [0, 0.1) is 10.1 Å². The molecule has 218 valence electrons. The van der Waals surface area contributed by atoms with Crippen molar-refractivity contribution in [1.82, 2.24) is 14.5 Å². The molecule has 2 aromatic rings. The minimum Gasteiger partial charge on any atom is -0.469 e. The number of nitro groups is 1. The van der Waals surface area contributed by atoms with Crippen molar-refractivity contribution in [2.24, 2.45) is 0 Å². The summed E-state index contributed by atoms with van der Waals surface area (Å²) in [4.78, 5) is 67.7. The van der Waals surface area contributed by atoms with E-state index in [9.17, 15) is 29.3 Å². The topological polar surface area (TPSA) is 200 Å². The monoisotopic (exact) mass is 583 g/mol. The number of thioether (sulfide) groups is 1. The molecule has 0 radical (unpaired) electrons. The van der Waals surface area contributed by atoms with Gasteiger partial charge in [-0.25, -0.2) is 9.97 Å². The first kappa shape index (κ1) is 30.6. The van der Waals surface area contributed by atoms with Crippen LogP contribution in [0.2, 0.25) is 0 Å². The molecule has 0 aliphatic carbocycles. The Bertz CT molecular complexity index is 1330. The molecule has 1 aliphatic heterocycles. The Hall–Kier alpha value is -3.99. The van der Waals surface area contributed by atoms with E-state index in [1.54, 1.807) is 6.26 Å². The standard InChI is InChI=1S/C23H29N5O11S/c1-11(29)36-10-15-18(37-12(2)30)23(4,39-13(3)31)21(38-15)27-9-14(28(33)34)17-19(24-8-7-16(32)35-5)25-22(40-6)26-20(17)27/h9,15,18,21H,7-8,10H2,1-6H3,(H,24,25,26)/t15-,18-,21?,23?/m1/s1. The van der Waals surface area contributed by atoms with Crippen molar-refractivity contribution >= 4 is 58.2 Å². The number of carbonyl (C=O) groups excluding carboxylic acids is 4. The molecule has 2 unspecified atom stereocenters. The summed E-state index contributed by atoms with van der Waals surface area (Å²) < 4.78 is 28.3. The molecule has 3 rings (SSSR count). The van der Waals surface area contributed by atoms with Gasteiger partial charge >= 0.3 is 23.9 Å². The van der Waals surface area contributed by atoms with E-state index in [-0.39, 0.29) is 41.6 Å². The summed E-state index contributed by atoms with van der Waals surface area (Å²) in [5.41, 5.74) is -2.13. The maximum absolute atomic E-state index is 12.2. The van der Waals surface area contributed by atoms with Crippen molar-refractivity contribution in [3.05, 3.63) is 16.3 Å². The number of aromatic nitrogens is 3. The fourth-order valence-electron chi connectivity index (χ4n) is 4.37. The third kappa shape index (κ3) is 6.41. The molecular formula is C23H29N5O11S. The summed E-state index contributed by atoms with van der Waals surface area (Å²) >= 11 is 1.15. The summed E-state index contributed by atoms with van der Waals surface area (Å²) in [5.74, 6) is -2.54. The van der Waals surface area contributed by atoms with Crippen molar-refractivity contribution in [3.8, 4) is 0 Å². The van der Waals surface area contributed by atoms with Gasteiger partial charge in [-0.2, -0.15) is 0 Å². The highest BCUT2D eigenvalue weighted by molar-refractivity contribution is 7.98. The second-order valence-corrected chi connectivity index (χ2v) is 9.60. The van der Waals surface area contributed by atoms with E-state index >= 15 is 0 Å². The van der Waals surface area contributed by atoms with Crippen LogP contribution in [0.5, 0.6) is 0 Å². The zero-order valence-electron chi connectivity index (χ0n) is 22.6. The minimum atomic E-state index is -1.74. The van der Waals surface area contributed by atoms with Crippen LogP contribution < -0.4 is 5.32 Å². The number of ether oxygens (including phenoxy) is 5. The lowest BCUT2D eigenvalue weighted by molar-refractivity contribution is -0.383. The average molecular weight is 584 g/mol. The lowest BCUT2D eigenvalue weighted by Gasteiger charge is -2.34. The average Bonchev–Trinajstić information content (AvgIpc) is 3.37. The van der Waals surface area contributed by atoms with Gasteiger partial charge in [0, 0.05) is 27.3 Å². The van der Waals surface area contributed by atoms with Crippen molar-refractivity contribution < 1.29 is 47.8 Å². The second-order valence-electron chi connectivity index (χ2n) is 8.83. The van der Waals surface area contributed by atoms with E-state index in [1.807, 2.05) is 0 Å². The quantitative estimate of drug-likeness (QED) is 0.100. The van der Waals surface area contributed by atoms with Crippen molar-refractivity contribution in [2.45, 2.75) is 63.3 Å². The third-order valence-corrected chi connectivity index (χ3v) is 6.46. The van der Waals surface area contributed by atoms with Crippen LogP contribution in [0.25, 0.3) is 11.0 Å². The van der Waals surface area contributed by atoms with Crippen molar-refractivity contribution in [3.63, 3.8) is 0 Å². The van der Waals surface area contributed by atoms with Gasteiger partial charge in [0.15, 0.2) is 28.7 Å². The number of hydrogen-bond acceptors (Lipinski definition) is 15. The molecule has 1 aliphatic rings. The zero-order valence-corrected chi connectivity index (χ0v) is 23.4. The predicted octanol–water partition coefficient (Wildman–Crippen LogP) is 1.75. The summed E-state index contributed by atoms with van der Waals surface area (Å²) in [6.07, 6.45) is -0.913. The van der Waals surface area contributed by atoms with Gasteiger partial charge in [-0.05, 0) is 13.2 Å². The Morgan fingerprint density at radius 2 is 1.90 bits per heavy atom. The first-order valence-electron chi connectivity index (χ1n) is 11.9. The molecular weight excluding hydrogens is 554 g/mol. The van der Waals surface area contributed by atoms with Crippen LogP contribution in [-0.2, 0) is 42.9 Å². The normalized spacial score (nSPS) is 22.0. The van der Waals surface area contributed by atoms with Crippen molar-refractivity contribution in [2.75, 3.05) is 31.8 Å². The number of methoxy groups -OCH3 is 1. The van der Waals surface area contributed by atoms with Gasteiger partial charge in [0.1, 0.15) is 23.9 Å². The van der Waals surface area contributed by atoms with E-state index in [2.05, 4.69) is 20.0 Å². The van der Waals surface area contributed by atoms with Crippen LogP contribution >= 0.6 is 11.8 Å². The highest BCUT2D eigenvalue weighted by Crippen LogP contribution is 2.46. The molecule has 3 heterocycles. The highest BCUT2D eigenvalue weighted by Gasteiger charge is 2.60. The molecule has 0 aromatic carbocycles. The molecule has 2 aromatic heterocycles. The molecule has 1 N–H and O–H groups in total. The van der Waals surface area contributed by atoms with Crippen LogP contribution in [0.3, 0.4) is 0 Å². The largest absolute Gasteiger partial charge is 0.469 e. The van der Waals surface area contributed by atoms with E-state index in [0.29, 0.717) is 0 Å². The number of carbonyl (C=O) groups is 4. The van der Waals surface area contributed by atoms with E-state index < -0.39 is 58.5 Å². The molecule has 16 nitrogen and oxygen atoms in total. The summed E-state index contributed by atoms with van der Waals surface area (Å²) in [6.45, 7) is 4.58. The number of nitrogens with one attached hydrogen (secondary N) is 1. The highest BCUT2D eigenvalue weighted by atomic mass is 32.2. The Morgan fingerprint density at radius 1 is 1.20 bits per heavy atom. The zero-order chi connectivity index (χ0) is 29.8. The molecule has 40 heavy (non-hydrogen) atoms. The third-order valence-electron chi connectivity index (χ3n) is 5.92. The molecule has 0 spiro atoms. The van der Waals surface area contributed by atoms with Crippen LogP contribution in [0.15, 0.2) is 11.4 Å².